The van der Waals surface area contributed by atoms with Crippen LogP contribution in [0.4, 0.5) is 11.6 Å². The Morgan fingerprint density at radius 1 is 0.852 bits per heavy atom. The first-order chi connectivity index (χ1) is 12.8. The lowest BCUT2D eigenvalue weighted by Gasteiger charge is -2.11. The Labute approximate surface area is 159 Å². The number of hydrogen-bond acceptors (Lipinski definition) is 5. The van der Waals surface area contributed by atoms with Gasteiger partial charge in [0, 0.05) is 6.54 Å². The second kappa shape index (κ2) is 7.75. The van der Waals surface area contributed by atoms with Crippen LogP contribution in [0.5, 0.6) is 0 Å². The zero-order chi connectivity index (χ0) is 19.4. The van der Waals surface area contributed by atoms with Crippen molar-refractivity contribution < 1.29 is 8.42 Å². The van der Waals surface area contributed by atoms with Gasteiger partial charge >= 0.3 is 0 Å². The Kier molecular flexibility index (Phi) is 5.41. The van der Waals surface area contributed by atoms with Crippen LogP contribution in [0.2, 0.25) is 0 Å². The molecule has 7 heteroatoms. The van der Waals surface area contributed by atoms with Crippen molar-refractivity contribution in [3.63, 3.8) is 0 Å². The SMILES string of the molecule is Cc1cccc(CNc2ccc(NS(=O)(=O)c3ccc(C)cc3C)nn2)c1. The molecule has 3 aromatic rings. The van der Waals surface area contributed by atoms with Gasteiger partial charge in [-0.05, 0) is 50.1 Å². The lowest BCUT2D eigenvalue weighted by Crippen LogP contribution is -2.15. The highest BCUT2D eigenvalue weighted by Crippen LogP contribution is 2.19. The minimum Gasteiger partial charge on any atom is -0.365 e. The molecule has 27 heavy (non-hydrogen) atoms. The van der Waals surface area contributed by atoms with Crippen molar-refractivity contribution in [2.75, 3.05) is 10.0 Å². The molecular weight excluding hydrogens is 360 g/mol. The molecular formula is C20H22N4O2S. The van der Waals surface area contributed by atoms with E-state index < -0.39 is 10.0 Å². The molecule has 0 saturated carbocycles. The van der Waals surface area contributed by atoms with Crippen LogP contribution in [0, 0.1) is 20.8 Å². The minimum absolute atomic E-state index is 0.177. The van der Waals surface area contributed by atoms with E-state index in [9.17, 15) is 8.42 Å². The molecule has 2 aromatic carbocycles. The van der Waals surface area contributed by atoms with E-state index in [0.717, 1.165) is 11.1 Å². The van der Waals surface area contributed by atoms with E-state index in [1.165, 1.54) is 5.56 Å². The average molecular weight is 382 g/mol. The molecule has 0 saturated heterocycles. The summed E-state index contributed by atoms with van der Waals surface area (Å²) in [5.41, 5.74) is 4.02. The van der Waals surface area contributed by atoms with E-state index in [4.69, 9.17) is 0 Å². The molecule has 0 unspecified atom stereocenters. The highest BCUT2D eigenvalue weighted by molar-refractivity contribution is 7.92. The zero-order valence-electron chi connectivity index (χ0n) is 15.5. The summed E-state index contributed by atoms with van der Waals surface area (Å²) < 4.78 is 27.6. The van der Waals surface area contributed by atoms with Gasteiger partial charge in [-0.1, -0.05) is 47.5 Å². The van der Waals surface area contributed by atoms with Gasteiger partial charge in [0.25, 0.3) is 10.0 Å². The van der Waals surface area contributed by atoms with Crippen molar-refractivity contribution in [2.45, 2.75) is 32.2 Å². The van der Waals surface area contributed by atoms with Gasteiger partial charge in [0.05, 0.1) is 4.90 Å². The van der Waals surface area contributed by atoms with Gasteiger partial charge in [0.2, 0.25) is 0 Å². The van der Waals surface area contributed by atoms with Gasteiger partial charge in [-0.25, -0.2) is 8.42 Å². The second-order valence-electron chi connectivity index (χ2n) is 6.52. The maximum Gasteiger partial charge on any atom is 0.263 e. The number of hydrogen-bond donors (Lipinski definition) is 2. The first-order valence-electron chi connectivity index (χ1n) is 8.57. The van der Waals surface area contributed by atoms with Crippen molar-refractivity contribution in [3.8, 4) is 0 Å². The third-order valence-corrected chi connectivity index (χ3v) is 5.59. The number of rotatable bonds is 6. The van der Waals surface area contributed by atoms with E-state index in [-0.39, 0.29) is 10.7 Å². The summed E-state index contributed by atoms with van der Waals surface area (Å²) >= 11 is 0. The van der Waals surface area contributed by atoms with E-state index in [2.05, 4.69) is 26.3 Å². The summed E-state index contributed by atoms with van der Waals surface area (Å²) in [7, 11) is -3.71. The summed E-state index contributed by atoms with van der Waals surface area (Å²) in [5.74, 6) is 0.752. The normalized spacial score (nSPS) is 11.2. The number of nitrogens with one attached hydrogen (secondary N) is 2. The molecule has 0 bridgehead atoms. The van der Waals surface area contributed by atoms with Gasteiger partial charge < -0.3 is 5.32 Å². The van der Waals surface area contributed by atoms with E-state index in [1.807, 2.05) is 38.1 Å². The Morgan fingerprint density at radius 3 is 2.22 bits per heavy atom. The van der Waals surface area contributed by atoms with E-state index >= 15 is 0 Å². The van der Waals surface area contributed by atoms with Gasteiger partial charge in [-0.2, -0.15) is 0 Å². The smallest absolute Gasteiger partial charge is 0.263 e. The molecule has 0 aliphatic heterocycles. The summed E-state index contributed by atoms with van der Waals surface area (Å²) in [6.45, 7) is 6.35. The summed E-state index contributed by atoms with van der Waals surface area (Å²) in [5, 5.41) is 11.2. The number of aromatic nitrogens is 2. The van der Waals surface area contributed by atoms with Crippen LogP contribution in [-0.2, 0) is 16.6 Å². The van der Waals surface area contributed by atoms with Crippen molar-refractivity contribution in [1.29, 1.82) is 0 Å². The summed E-state index contributed by atoms with van der Waals surface area (Å²) in [4.78, 5) is 0.233. The van der Waals surface area contributed by atoms with Crippen LogP contribution in [0.1, 0.15) is 22.3 Å². The largest absolute Gasteiger partial charge is 0.365 e. The summed E-state index contributed by atoms with van der Waals surface area (Å²) in [6.07, 6.45) is 0. The first-order valence-corrected chi connectivity index (χ1v) is 10.0. The fourth-order valence-corrected chi connectivity index (χ4v) is 4.01. The number of benzene rings is 2. The predicted octanol–water partition coefficient (Wildman–Crippen LogP) is 3.81. The number of anilines is 2. The number of nitrogens with zero attached hydrogens (tertiary/aromatic N) is 2. The molecule has 0 spiro atoms. The molecule has 0 fully saturated rings. The molecule has 2 N–H and O–H groups in total. The fourth-order valence-electron chi connectivity index (χ4n) is 2.79. The third kappa shape index (κ3) is 4.83. The van der Waals surface area contributed by atoms with Crippen LogP contribution in [-0.4, -0.2) is 18.6 Å². The molecule has 0 atom stereocenters. The maximum atomic E-state index is 12.6. The molecule has 0 aliphatic rings. The number of sulfonamides is 1. The first kappa shape index (κ1) is 18.8. The lowest BCUT2D eigenvalue weighted by molar-refractivity contribution is 0.600. The van der Waals surface area contributed by atoms with Gasteiger partial charge in [0.1, 0.15) is 5.82 Å². The van der Waals surface area contributed by atoms with E-state index in [1.54, 1.807) is 31.2 Å². The van der Waals surface area contributed by atoms with Crippen LogP contribution >= 0.6 is 0 Å². The zero-order valence-corrected chi connectivity index (χ0v) is 16.3. The van der Waals surface area contributed by atoms with Gasteiger partial charge in [-0.3, -0.25) is 4.72 Å². The maximum absolute atomic E-state index is 12.6. The quantitative estimate of drug-likeness (QED) is 0.677. The van der Waals surface area contributed by atoms with Gasteiger partial charge in [0.15, 0.2) is 5.82 Å². The predicted molar refractivity (Wildman–Crippen MR) is 107 cm³/mol. The molecule has 0 radical (unpaired) electrons. The van der Waals surface area contributed by atoms with Crippen molar-refractivity contribution in [1.82, 2.24) is 10.2 Å². The number of aryl methyl sites for hydroxylation is 3. The van der Waals surface area contributed by atoms with Crippen LogP contribution in [0.3, 0.4) is 0 Å². The van der Waals surface area contributed by atoms with E-state index in [0.29, 0.717) is 17.9 Å². The average Bonchev–Trinajstić information content (AvgIpc) is 2.60. The highest BCUT2D eigenvalue weighted by Gasteiger charge is 2.17. The van der Waals surface area contributed by atoms with Gasteiger partial charge in [-0.15, -0.1) is 10.2 Å². The van der Waals surface area contributed by atoms with Crippen molar-refractivity contribution in [3.05, 3.63) is 76.9 Å². The van der Waals surface area contributed by atoms with Crippen LogP contribution in [0.25, 0.3) is 0 Å². The third-order valence-electron chi connectivity index (χ3n) is 4.08. The molecule has 140 valence electrons. The Bertz CT molecular complexity index is 1050. The summed E-state index contributed by atoms with van der Waals surface area (Å²) in [6, 6.07) is 16.6. The monoisotopic (exact) mass is 382 g/mol. The standard InChI is InChI=1S/C20H22N4O2S/c1-14-5-4-6-17(12-14)13-21-19-9-10-20(23-22-19)24-27(25,26)18-8-7-15(2)11-16(18)3/h4-12H,13H2,1-3H3,(H,21,22)(H,23,24). The topological polar surface area (TPSA) is 84.0 Å². The minimum atomic E-state index is -3.71. The Hall–Kier alpha value is -2.93. The van der Waals surface area contributed by atoms with Crippen LogP contribution in [0.15, 0.2) is 59.5 Å². The van der Waals surface area contributed by atoms with Crippen molar-refractivity contribution in [2.24, 2.45) is 0 Å². The molecule has 6 nitrogen and oxygen atoms in total. The molecule has 1 heterocycles. The molecule has 1 aromatic heterocycles. The fraction of sp³-hybridized carbons (Fsp3) is 0.200. The molecule has 0 aliphatic carbocycles. The highest BCUT2D eigenvalue weighted by atomic mass is 32.2. The van der Waals surface area contributed by atoms with Crippen molar-refractivity contribution >= 4 is 21.7 Å². The second-order valence-corrected chi connectivity index (χ2v) is 8.17. The Morgan fingerprint density at radius 2 is 1.56 bits per heavy atom. The van der Waals surface area contributed by atoms with Crippen LogP contribution < -0.4 is 10.0 Å². The lowest BCUT2D eigenvalue weighted by atomic mass is 10.1. The molecule has 0 amide bonds. The molecule has 3 rings (SSSR count). The Balaban J connectivity index is 1.68.